The molecule has 0 aromatic heterocycles. The van der Waals surface area contributed by atoms with E-state index >= 15 is 0 Å². The van der Waals surface area contributed by atoms with Gasteiger partial charge < -0.3 is 9.47 Å². The lowest BCUT2D eigenvalue weighted by Gasteiger charge is -2.36. The second kappa shape index (κ2) is 4.52. The third-order valence-electron chi connectivity index (χ3n) is 4.95. The Bertz CT molecular complexity index is 641. The maximum absolute atomic E-state index is 13.3. The Kier molecular flexibility index (Phi) is 2.84. The third kappa shape index (κ3) is 1.53. The molecule has 3 aliphatic rings. The lowest BCUT2D eigenvalue weighted by atomic mass is 9.83. The van der Waals surface area contributed by atoms with Crippen molar-refractivity contribution in [3.63, 3.8) is 0 Å². The molecule has 1 heterocycles. The molecule has 2 aliphatic carbocycles. The van der Waals surface area contributed by atoms with Crippen LogP contribution in [-0.2, 0) is 25.1 Å². The molecule has 5 heteroatoms. The monoisotopic (exact) mass is 304 g/mol. The highest BCUT2D eigenvalue weighted by Crippen LogP contribution is 2.60. The number of cyclic esters (lactones) is 1. The van der Waals surface area contributed by atoms with Crippen LogP contribution in [0.1, 0.15) is 6.42 Å². The van der Waals surface area contributed by atoms with Gasteiger partial charge in [-0.25, -0.2) is 0 Å². The number of fused-ring (bicyclic) bond motifs is 5. The predicted molar refractivity (Wildman–Crippen MR) is 76.7 cm³/mol. The maximum Gasteiger partial charge on any atom is 0.313 e. The number of allylic oxidation sites excluding steroid dienone is 2. The maximum atomic E-state index is 13.3. The molecule has 110 valence electrons. The number of hydrogen-bond donors (Lipinski definition) is 0. The van der Waals surface area contributed by atoms with Crippen molar-refractivity contribution < 1.29 is 18.5 Å². The van der Waals surface area contributed by atoms with Gasteiger partial charge in [-0.1, -0.05) is 30.4 Å². The summed E-state index contributed by atoms with van der Waals surface area (Å²) >= 11 is 0. The summed E-state index contributed by atoms with van der Waals surface area (Å²) in [4.78, 5) is 13.0. The van der Waals surface area contributed by atoms with E-state index in [4.69, 9.17) is 9.47 Å². The molecule has 4 rings (SSSR count). The van der Waals surface area contributed by atoms with Crippen LogP contribution >= 0.6 is 0 Å². The number of carbonyl (C=O) groups excluding carboxylic acids is 1. The summed E-state index contributed by atoms with van der Waals surface area (Å²) in [6.07, 6.45) is 4.26. The molecule has 6 atom stereocenters. The van der Waals surface area contributed by atoms with Gasteiger partial charge in [-0.2, -0.15) is 0 Å². The molecule has 21 heavy (non-hydrogen) atoms. The first-order valence-corrected chi connectivity index (χ1v) is 8.23. The van der Waals surface area contributed by atoms with Crippen LogP contribution in [0.3, 0.4) is 0 Å². The number of ether oxygens (including phenoxy) is 2. The van der Waals surface area contributed by atoms with Gasteiger partial charge in [0.25, 0.3) is 0 Å². The predicted octanol–water partition coefficient (Wildman–Crippen LogP) is 1.88. The lowest BCUT2D eigenvalue weighted by molar-refractivity contribution is -0.162. The zero-order valence-electron chi connectivity index (χ0n) is 11.6. The Hall–Kier alpha value is -1.46. The Morgan fingerprint density at radius 3 is 2.76 bits per heavy atom. The van der Waals surface area contributed by atoms with Gasteiger partial charge in [0.2, 0.25) is 6.29 Å². The SMILES string of the molecule is CO[C@H]1OC(=O)[C@H]2[C@@H]3C=C[C@@H](C3)[C@@]12S(=O)c1ccccc1. The number of hydrogen-bond acceptors (Lipinski definition) is 4. The quantitative estimate of drug-likeness (QED) is 0.632. The van der Waals surface area contributed by atoms with E-state index in [0.717, 1.165) is 11.3 Å². The van der Waals surface area contributed by atoms with Crippen LogP contribution in [0.5, 0.6) is 0 Å². The van der Waals surface area contributed by atoms with Crippen molar-refractivity contribution in [1.29, 1.82) is 0 Å². The molecule has 1 saturated heterocycles. The summed E-state index contributed by atoms with van der Waals surface area (Å²) in [6.45, 7) is 0. The average Bonchev–Trinajstić information content (AvgIpc) is 3.19. The number of benzene rings is 1. The summed E-state index contributed by atoms with van der Waals surface area (Å²) in [5.74, 6) is -0.457. The standard InChI is InChI=1S/C16H16O4S/c1-19-15-16(21(18)12-5-3-2-4-6-12)11-8-7-10(9-11)13(16)14(17)20-15/h2-8,10-11,13,15H,9H2,1H3/t10-,11+,13-,15+,16+,21?/m1/s1. The van der Waals surface area contributed by atoms with Gasteiger partial charge in [-0.3, -0.25) is 9.00 Å². The van der Waals surface area contributed by atoms with E-state index < -0.39 is 21.8 Å². The fourth-order valence-corrected chi connectivity index (χ4v) is 6.23. The highest BCUT2D eigenvalue weighted by atomic mass is 32.2. The zero-order chi connectivity index (χ0) is 14.6. The molecule has 0 N–H and O–H groups in total. The van der Waals surface area contributed by atoms with Crippen molar-refractivity contribution in [1.82, 2.24) is 0 Å². The third-order valence-corrected chi connectivity index (χ3v) is 7.04. The molecule has 0 radical (unpaired) electrons. The van der Waals surface area contributed by atoms with Crippen LogP contribution < -0.4 is 0 Å². The molecule has 0 spiro atoms. The van der Waals surface area contributed by atoms with Gasteiger partial charge in [-0.15, -0.1) is 0 Å². The number of methoxy groups -OCH3 is 1. The Morgan fingerprint density at radius 2 is 2.05 bits per heavy atom. The van der Waals surface area contributed by atoms with Crippen LogP contribution in [0.2, 0.25) is 0 Å². The molecule has 4 nitrogen and oxygen atoms in total. The number of rotatable bonds is 3. The van der Waals surface area contributed by atoms with Crippen LogP contribution in [0.25, 0.3) is 0 Å². The van der Waals surface area contributed by atoms with Gasteiger partial charge in [-0.05, 0) is 24.5 Å². The van der Waals surface area contributed by atoms with Gasteiger partial charge in [0.15, 0.2) is 0 Å². The molecule has 1 aromatic rings. The summed E-state index contributed by atoms with van der Waals surface area (Å²) < 4.78 is 23.4. The smallest absolute Gasteiger partial charge is 0.313 e. The lowest BCUT2D eigenvalue weighted by Crippen LogP contribution is -2.52. The highest BCUT2D eigenvalue weighted by Gasteiger charge is 2.72. The van der Waals surface area contributed by atoms with E-state index in [1.54, 1.807) is 0 Å². The van der Waals surface area contributed by atoms with E-state index in [1.807, 2.05) is 30.3 Å². The van der Waals surface area contributed by atoms with Crippen molar-refractivity contribution in [2.45, 2.75) is 22.4 Å². The Morgan fingerprint density at radius 1 is 1.29 bits per heavy atom. The van der Waals surface area contributed by atoms with Crippen molar-refractivity contribution in [3.05, 3.63) is 42.5 Å². The highest BCUT2D eigenvalue weighted by molar-refractivity contribution is 7.86. The van der Waals surface area contributed by atoms with Crippen molar-refractivity contribution >= 4 is 16.8 Å². The fraction of sp³-hybridized carbons (Fsp3) is 0.438. The van der Waals surface area contributed by atoms with E-state index in [-0.39, 0.29) is 23.7 Å². The summed E-state index contributed by atoms with van der Waals surface area (Å²) in [7, 11) is 0.157. The van der Waals surface area contributed by atoms with Crippen LogP contribution in [0, 0.1) is 17.8 Å². The molecular formula is C16H16O4S. The molecule has 2 fully saturated rings. The van der Waals surface area contributed by atoms with Gasteiger partial charge in [0.1, 0.15) is 4.75 Å². The van der Waals surface area contributed by atoms with Gasteiger partial charge >= 0.3 is 5.97 Å². The molecule has 1 unspecified atom stereocenters. The van der Waals surface area contributed by atoms with Gasteiger partial charge in [0.05, 0.1) is 16.7 Å². The van der Waals surface area contributed by atoms with E-state index in [2.05, 4.69) is 12.2 Å². The number of carbonyl (C=O) groups is 1. The minimum atomic E-state index is -1.36. The normalized spacial score (nSPS) is 41.1. The first-order valence-electron chi connectivity index (χ1n) is 7.08. The van der Waals surface area contributed by atoms with Crippen molar-refractivity contribution in [2.24, 2.45) is 17.8 Å². The second-order valence-corrected chi connectivity index (χ2v) is 7.52. The van der Waals surface area contributed by atoms with Crippen molar-refractivity contribution in [2.75, 3.05) is 7.11 Å². The molecule has 1 saturated carbocycles. The van der Waals surface area contributed by atoms with Crippen LogP contribution in [-0.4, -0.2) is 28.3 Å². The van der Waals surface area contributed by atoms with Crippen molar-refractivity contribution in [3.8, 4) is 0 Å². The molecule has 2 bridgehead atoms. The first-order chi connectivity index (χ1) is 10.2. The van der Waals surface area contributed by atoms with Crippen LogP contribution in [0.15, 0.2) is 47.4 Å². The molecule has 1 aromatic carbocycles. The number of esters is 1. The second-order valence-electron chi connectivity index (χ2n) is 5.81. The largest absolute Gasteiger partial charge is 0.434 e. The van der Waals surface area contributed by atoms with E-state index in [1.165, 1.54) is 7.11 Å². The molecular weight excluding hydrogens is 288 g/mol. The van der Waals surface area contributed by atoms with Crippen LogP contribution in [0.4, 0.5) is 0 Å². The first kappa shape index (κ1) is 13.2. The summed E-state index contributed by atoms with van der Waals surface area (Å²) in [5.41, 5.74) is 0. The molecule has 1 aliphatic heterocycles. The van der Waals surface area contributed by atoms with Gasteiger partial charge in [0, 0.05) is 17.9 Å². The van der Waals surface area contributed by atoms with E-state index in [9.17, 15) is 9.00 Å². The summed E-state index contributed by atoms with van der Waals surface area (Å²) in [6, 6.07) is 9.30. The fourth-order valence-electron chi connectivity index (χ4n) is 4.15. The molecule has 0 amide bonds. The zero-order valence-corrected chi connectivity index (χ0v) is 12.4. The Balaban J connectivity index is 1.87. The topological polar surface area (TPSA) is 52.6 Å². The summed E-state index contributed by atoms with van der Waals surface area (Å²) in [5, 5.41) is 0. The average molecular weight is 304 g/mol. The Labute approximate surface area is 125 Å². The minimum Gasteiger partial charge on any atom is -0.434 e. The van der Waals surface area contributed by atoms with E-state index in [0.29, 0.717) is 0 Å². The minimum absolute atomic E-state index is 0.0601.